The molecule has 37 heavy (non-hydrogen) atoms. The first-order valence-corrected chi connectivity index (χ1v) is 33.0. The molecule has 208 valence electrons. The van der Waals surface area contributed by atoms with Gasteiger partial charge in [-0.1, -0.05) is 60.7 Å². The second-order valence-electron chi connectivity index (χ2n) is 11.7. The SMILES string of the molecule is C[Si](Cl)(Cl)CC[Si](C)(C)O[Si](C)(C)O[Si](O[Si](C)(C)CC[Si](C)(Cl)Cl)(c1ccccc1)c1ccccc1. The highest BCUT2D eigenvalue weighted by Crippen LogP contribution is 2.32. The molecule has 0 fully saturated rings. The zero-order chi connectivity index (χ0) is 28.2. The van der Waals surface area contributed by atoms with Crippen molar-refractivity contribution in [2.24, 2.45) is 0 Å². The van der Waals surface area contributed by atoms with Gasteiger partial charge >= 0.3 is 17.1 Å². The molecule has 0 spiro atoms. The fourth-order valence-electron chi connectivity index (χ4n) is 4.30. The Kier molecular flexibility index (Phi) is 12.1. The summed E-state index contributed by atoms with van der Waals surface area (Å²) in [5, 5.41) is 2.17. The van der Waals surface area contributed by atoms with Crippen molar-refractivity contribution in [3.05, 3.63) is 60.7 Å². The Balaban J connectivity index is 2.55. The minimum atomic E-state index is -3.17. The lowest BCUT2D eigenvalue weighted by Crippen LogP contribution is -2.71. The normalized spacial score (nSPS) is 14.2. The lowest BCUT2D eigenvalue weighted by Gasteiger charge is -2.44. The fraction of sp³-hybridized carbons (Fsp3) is 0.500. The molecular weight excluding hydrogens is 647 g/mol. The summed E-state index contributed by atoms with van der Waals surface area (Å²) in [4.78, 5) is 0. The summed E-state index contributed by atoms with van der Waals surface area (Å²) in [5.41, 5.74) is 0. The zero-order valence-corrected chi connectivity index (χ0v) is 32.4. The monoisotopic (exact) mass is 686 g/mol. The Morgan fingerprint density at radius 2 is 0.838 bits per heavy atom. The van der Waals surface area contributed by atoms with Gasteiger partial charge < -0.3 is 12.3 Å². The fourth-order valence-corrected chi connectivity index (χ4v) is 32.6. The van der Waals surface area contributed by atoms with Crippen LogP contribution in [0.15, 0.2) is 60.7 Å². The van der Waals surface area contributed by atoms with Crippen molar-refractivity contribution >= 4 is 102 Å². The minimum absolute atomic E-state index is 0.792. The number of halogens is 4. The Morgan fingerprint density at radius 3 is 1.19 bits per heavy atom. The van der Waals surface area contributed by atoms with E-state index >= 15 is 0 Å². The standard InChI is InChI=1S/C24H42Cl4O3Si6/c1-32(2,19-21-35(7,25)26)29-34(5,6)31-37(23-15-11-9-12-16-23,24-17-13-10-14-18-24)30-33(3,4)20-22-36(8,27)28/h9-18H,19-22H2,1-8H3. The minimum Gasteiger partial charge on any atom is -0.436 e. The van der Waals surface area contributed by atoms with Gasteiger partial charge in [0.2, 0.25) is 13.4 Å². The molecule has 0 aliphatic carbocycles. The van der Waals surface area contributed by atoms with E-state index in [1.807, 2.05) is 25.2 Å². The number of rotatable bonds is 14. The Morgan fingerprint density at radius 1 is 0.486 bits per heavy atom. The van der Waals surface area contributed by atoms with E-state index in [4.69, 9.17) is 56.7 Å². The van der Waals surface area contributed by atoms with E-state index in [0.717, 1.165) is 34.5 Å². The molecule has 2 rings (SSSR count). The van der Waals surface area contributed by atoms with Gasteiger partial charge in [0.1, 0.15) is 0 Å². The first-order valence-electron chi connectivity index (χ1n) is 12.7. The van der Waals surface area contributed by atoms with Crippen LogP contribution in [-0.4, -0.2) is 47.1 Å². The van der Waals surface area contributed by atoms with Gasteiger partial charge in [0.25, 0.3) is 0 Å². The third-order valence-electron chi connectivity index (χ3n) is 5.97. The summed E-state index contributed by atoms with van der Waals surface area (Å²) in [5.74, 6) is 0. The van der Waals surface area contributed by atoms with Crippen LogP contribution >= 0.6 is 44.3 Å². The third-order valence-corrected chi connectivity index (χ3v) is 27.2. The van der Waals surface area contributed by atoms with Crippen molar-refractivity contribution in [3.63, 3.8) is 0 Å². The Hall–Kier alpha value is 0.781. The van der Waals surface area contributed by atoms with Crippen molar-refractivity contribution < 1.29 is 12.3 Å². The number of benzene rings is 2. The van der Waals surface area contributed by atoms with Gasteiger partial charge in [0, 0.05) is 0 Å². The van der Waals surface area contributed by atoms with Crippen molar-refractivity contribution in [3.8, 4) is 0 Å². The van der Waals surface area contributed by atoms with E-state index in [0.29, 0.717) is 0 Å². The van der Waals surface area contributed by atoms with Crippen LogP contribution < -0.4 is 10.4 Å². The van der Waals surface area contributed by atoms with Gasteiger partial charge in [-0.25, -0.2) is 0 Å². The first-order chi connectivity index (χ1) is 16.7. The highest BCUT2D eigenvalue weighted by molar-refractivity contribution is 7.45. The van der Waals surface area contributed by atoms with Crippen LogP contribution in [0.4, 0.5) is 0 Å². The van der Waals surface area contributed by atoms with E-state index in [2.05, 4.69) is 87.8 Å². The lowest BCUT2D eigenvalue weighted by molar-refractivity contribution is 0.340. The van der Waals surface area contributed by atoms with Crippen LogP contribution in [0.25, 0.3) is 0 Å². The van der Waals surface area contributed by atoms with Gasteiger partial charge in [0.05, 0.1) is 0 Å². The topological polar surface area (TPSA) is 27.7 Å². The van der Waals surface area contributed by atoms with Crippen LogP contribution in [0.5, 0.6) is 0 Å². The maximum Gasteiger partial charge on any atom is 0.388 e. The molecule has 0 radical (unpaired) electrons. The average Bonchev–Trinajstić information content (AvgIpc) is 2.75. The van der Waals surface area contributed by atoms with Crippen molar-refractivity contribution in [2.45, 2.75) is 76.6 Å². The summed E-state index contributed by atoms with van der Waals surface area (Å²) in [6.07, 6.45) is 0. The highest BCUT2D eigenvalue weighted by atomic mass is 35.7. The lowest BCUT2D eigenvalue weighted by atomic mass is 10.4. The van der Waals surface area contributed by atoms with Gasteiger partial charge in [0.15, 0.2) is 16.6 Å². The predicted octanol–water partition coefficient (Wildman–Crippen LogP) is 8.50. The van der Waals surface area contributed by atoms with Gasteiger partial charge in [-0.05, 0) is 86.9 Å². The quantitative estimate of drug-likeness (QED) is 0.147. The summed E-state index contributed by atoms with van der Waals surface area (Å²) >= 11 is 25.9. The molecule has 0 aliphatic heterocycles. The smallest absolute Gasteiger partial charge is 0.388 e. The van der Waals surface area contributed by atoms with Gasteiger partial charge in [-0.15, -0.1) is 44.3 Å². The van der Waals surface area contributed by atoms with Gasteiger partial charge in [-0.2, -0.15) is 0 Å². The van der Waals surface area contributed by atoms with Crippen LogP contribution in [-0.2, 0) is 12.3 Å². The van der Waals surface area contributed by atoms with Crippen molar-refractivity contribution in [1.82, 2.24) is 0 Å². The van der Waals surface area contributed by atoms with E-state index in [1.165, 1.54) is 0 Å². The maximum absolute atomic E-state index is 7.35. The largest absolute Gasteiger partial charge is 0.436 e. The summed E-state index contributed by atoms with van der Waals surface area (Å²) < 4.78 is 21.6. The molecule has 0 aromatic heterocycles. The third kappa shape index (κ3) is 12.0. The molecule has 0 aliphatic rings. The molecular formula is C24H42Cl4O3Si6. The van der Waals surface area contributed by atoms with Crippen LogP contribution in [0.2, 0.25) is 76.6 Å². The molecule has 0 saturated carbocycles. The van der Waals surface area contributed by atoms with E-state index < -0.39 is 47.1 Å². The van der Waals surface area contributed by atoms with Crippen molar-refractivity contribution in [1.29, 1.82) is 0 Å². The number of hydrogen-bond acceptors (Lipinski definition) is 3. The second kappa shape index (κ2) is 13.2. The van der Waals surface area contributed by atoms with E-state index in [9.17, 15) is 0 Å². The van der Waals surface area contributed by atoms with E-state index in [-0.39, 0.29) is 0 Å². The predicted molar refractivity (Wildman–Crippen MR) is 179 cm³/mol. The summed E-state index contributed by atoms with van der Waals surface area (Å²) in [6, 6.07) is 24.2. The zero-order valence-electron chi connectivity index (χ0n) is 23.3. The highest BCUT2D eigenvalue weighted by Gasteiger charge is 2.52. The molecule has 3 nitrogen and oxygen atoms in total. The maximum atomic E-state index is 7.35. The molecule has 0 heterocycles. The molecule has 2 aromatic carbocycles. The molecule has 0 amide bonds. The molecule has 13 heteroatoms. The van der Waals surface area contributed by atoms with Crippen LogP contribution in [0.3, 0.4) is 0 Å². The molecule has 0 bridgehead atoms. The van der Waals surface area contributed by atoms with Crippen LogP contribution in [0.1, 0.15) is 0 Å². The Labute approximate surface area is 249 Å². The van der Waals surface area contributed by atoms with Gasteiger partial charge in [-0.3, -0.25) is 0 Å². The molecule has 0 atom stereocenters. The molecule has 0 N–H and O–H groups in total. The van der Waals surface area contributed by atoms with Crippen molar-refractivity contribution in [2.75, 3.05) is 0 Å². The molecule has 0 saturated heterocycles. The molecule has 0 unspecified atom stereocenters. The first kappa shape index (κ1) is 34.0. The summed E-state index contributed by atoms with van der Waals surface area (Å²) in [7, 11) is -10.2. The Bertz CT molecular complexity index is 944. The average molecular weight is 689 g/mol. The van der Waals surface area contributed by atoms with E-state index in [1.54, 1.807) is 0 Å². The van der Waals surface area contributed by atoms with Crippen LogP contribution in [0, 0.1) is 0 Å². The molecule has 2 aromatic rings. The summed E-state index contributed by atoms with van der Waals surface area (Å²) in [6.45, 7) is 12.7. The number of hydrogen-bond donors (Lipinski definition) is 0. The second-order valence-corrected chi connectivity index (χ2v) is 43.8.